The minimum atomic E-state index is -1.13. The molecule has 0 saturated heterocycles. The second-order valence-electron chi connectivity index (χ2n) is 8.28. The van der Waals surface area contributed by atoms with Crippen molar-refractivity contribution in [2.45, 2.75) is 33.7 Å². The third kappa shape index (κ3) is 3.95. The van der Waals surface area contributed by atoms with Gasteiger partial charge in [-0.2, -0.15) is 0 Å². The number of ether oxygens (including phenoxy) is 1. The van der Waals surface area contributed by atoms with E-state index in [0.29, 0.717) is 5.56 Å². The minimum absolute atomic E-state index is 0.0243. The van der Waals surface area contributed by atoms with Gasteiger partial charge in [-0.1, -0.05) is 31.2 Å². The maximum Gasteiger partial charge on any atom is 0.345 e. The van der Waals surface area contributed by atoms with Gasteiger partial charge in [0.15, 0.2) is 12.4 Å². The number of nitro benzene ring substituents is 1. The molecule has 35 heavy (non-hydrogen) atoms. The summed E-state index contributed by atoms with van der Waals surface area (Å²) < 4.78 is 7.11. The molecular weight excluding hydrogens is 452 g/mol. The molecule has 0 saturated carbocycles. The number of carbonyl (C=O) groups excluding carboxylic acids is 4. The lowest BCUT2D eigenvalue weighted by atomic mass is 9.82. The number of esters is 1. The number of aromatic nitrogens is 1. The van der Waals surface area contributed by atoms with E-state index >= 15 is 0 Å². The van der Waals surface area contributed by atoms with Crippen molar-refractivity contribution < 1.29 is 28.8 Å². The molecule has 178 valence electrons. The van der Waals surface area contributed by atoms with Gasteiger partial charge < -0.3 is 9.30 Å². The number of aryl methyl sites for hydroxylation is 1. The summed E-state index contributed by atoms with van der Waals surface area (Å²) in [7, 11) is 0. The van der Waals surface area contributed by atoms with Crippen molar-refractivity contribution in [2.24, 2.45) is 0 Å². The van der Waals surface area contributed by atoms with Crippen LogP contribution in [0, 0.1) is 24.0 Å². The van der Waals surface area contributed by atoms with Gasteiger partial charge in [0.05, 0.1) is 4.92 Å². The van der Waals surface area contributed by atoms with E-state index in [1.165, 1.54) is 18.2 Å². The molecule has 0 aliphatic heterocycles. The molecule has 2 aromatic carbocycles. The van der Waals surface area contributed by atoms with Crippen molar-refractivity contribution in [1.82, 2.24) is 4.57 Å². The Labute approximate surface area is 200 Å². The van der Waals surface area contributed by atoms with Crippen molar-refractivity contribution in [3.8, 4) is 0 Å². The Morgan fingerprint density at radius 2 is 1.63 bits per heavy atom. The molecule has 1 heterocycles. The van der Waals surface area contributed by atoms with E-state index in [-0.39, 0.29) is 16.7 Å². The Morgan fingerprint density at radius 1 is 0.971 bits per heavy atom. The van der Waals surface area contributed by atoms with Crippen LogP contribution in [0.4, 0.5) is 5.69 Å². The summed E-state index contributed by atoms with van der Waals surface area (Å²) in [6.45, 7) is 5.80. The number of hydrogen-bond acceptors (Lipinski definition) is 7. The third-order valence-corrected chi connectivity index (χ3v) is 6.12. The van der Waals surface area contributed by atoms with E-state index in [4.69, 9.17) is 4.74 Å². The van der Waals surface area contributed by atoms with Crippen LogP contribution in [0.3, 0.4) is 0 Å². The highest BCUT2D eigenvalue weighted by Crippen LogP contribution is 2.35. The van der Waals surface area contributed by atoms with Gasteiger partial charge in [-0.3, -0.25) is 24.5 Å². The van der Waals surface area contributed by atoms with Crippen LogP contribution < -0.4 is 0 Å². The lowest BCUT2D eigenvalue weighted by Gasteiger charge is -2.18. The van der Waals surface area contributed by atoms with Crippen molar-refractivity contribution in [3.05, 3.63) is 97.3 Å². The Bertz CT molecular complexity index is 1430. The van der Waals surface area contributed by atoms with E-state index in [2.05, 4.69) is 0 Å². The molecule has 4 rings (SSSR count). The fourth-order valence-corrected chi connectivity index (χ4v) is 4.46. The van der Waals surface area contributed by atoms with Crippen LogP contribution in [-0.2, 0) is 11.3 Å². The number of benzene rings is 2. The van der Waals surface area contributed by atoms with Gasteiger partial charge in [0.2, 0.25) is 11.6 Å². The zero-order valence-electron chi connectivity index (χ0n) is 19.4. The van der Waals surface area contributed by atoms with E-state index in [0.717, 1.165) is 30.4 Å². The third-order valence-electron chi connectivity index (χ3n) is 6.12. The smallest absolute Gasteiger partial charge is 0.345 e. The number of hydrogen-bond donors (Lipinski definition) is 0. The highest BCUT2D eigenvalue weighted by molar-refractivity contribution is 6.30. The SMILES string of the molecule is CCCn1c(C)cc(C(=O)COC(=O)c2ccc3c(c2[N+](=O)[O-])C(=O)c2ccccc2C3=O)c1C. The number of fused-ring (bicyclic) bond motifs is 2. The first-order valence-corrected chi connectivity index (χ1v) is 11.0. The first kappa shape index (κ1) is 23.7. The molecule has 0 radical (unpaired) electrons. The van der Waals surface area contributed by atoms with Crippen LogP contribution in [0.2, 0.25) is 0 Å². The van der Waals surface area contributed by atoms with Gasteiger partial charge in [-0.05, 0) is 38.5 Å². The molecule has 1 aliphatic carbocycles. The van der Waals surface area contributed by atoms with Gasteiger partial charge in [0, 0.05) is 40.2 Å². The lowest BCUT2D eigenvalue weighted by Crippen LogP contribution is -2.24. The average Bonchev–Trinajstić information content (AvgIpc) is 3.13. The predicted molar refractivity (Wildman–Crippen MR) is 125 cm³/mol. The Kier molecular flexibility index (Phi) is 6.17. The van der Waals surface area contributed by atoms with Gasteiger partial charge in [-0.25, -0.2) is 4.79 Å². The molecule has 1 aliphatic rings. The summed E-state index contributed by atoms with van der Waals surface area (Å²) in [5.74, 6) is -2.85. The molecule has 0 fully saturated rings. The van der Waals surface area contributed by atoms with Crippen molar-refractivity contribution in [3.63, 3.8) is 0 Å². The number of ketones is 3. The Hall–Kier alpha value is -4.40. The van der Waals surface area contributed by atoms with Gasteiger partial charge in [0.25, 0.3) is 5.69 Å². The summed E-state index contributed by atoms with van der Waals surface area (Å²) in [6, 6.07) is 10.00. The number of rotatable bonds is 7. The molecule has 0 unspecified atom stereocenters. The standard InChI is InChI=1S/C26H22N2O7/c1-4-11-27-14(2)12-20(15(27)3)21(29)13-35-26(32)19-10-9-18-22(23(19)28(33)34)25(31)17-8-6-5-7-16(17)24(18)30/h5-10,12H,4,11,13H2,1-3H3. The van der Waals surface area contributed by atoms with E-state index in [9.17, 15) is 29.3 Å². The van der Waals surface area contributed by atoms with Crippen LogP contribution in [0.5, 0.6) is 0 Å². The molecule has 9 nitrogen and oxygen atoms in total. The second-order valence-corrected chi connectivity index (χ2v) is 8.28. The zero-order chi connectivity index (χ0) is 25.4. The normalized spacial score (nSPS) is 12.2. The number of carbonyl (C=O) groups is 4. The number of nitro groups is 1. The van der Waals surface area contributed by atoms with Crippen LogP contribution >= 0.6 is 0 Å². The lowest BCUT2D eigenvalue weighted by molar-refractivity contribution is -0.385. The molecule has 9 heteroatoms. The minimum Gasteiger partial charge on any atom is -0.454 e. The molecule has 1 aromatic heterocycles. The molecular formula is C26H22N2O7. The Morgan fingerprint density at radius 3 is 2.26 bits per heavy atom. The van der Waals surface area contributed by atoms with Gasteiger partial charge in [-0.15, -0.1) is 0 Å². The van der Waals surface area contributed by atoms with Crippen molar-refractivity contribution in [1.29, 1.82) is 0 Å². The monoisotopic (exact) mass is 474 g/mol. The van der Waals surface area contributed by atoms with E-state index in [1.807, 2.05) is 18.4 Å². The first-order chi connectivity index (χ1) is 16.7. The summed E-state index contributed by atoms with van der Waals surface area (Å²) in [4.78, 5) is 62.5. The molecule has 0 amide bonds. The molecule has 0 N–H and O–H groups in total. The number of nitrogens with zero attached hydrogens (tertiary/aromatic N) is 2. The summed E-state index contributed by atoms with van der Waals surface area (Å²) >= 11 is 0. The van der Waals surface area contributed by atoms with Crippen LogP contribution in [0.1, 0.15) is 77.3 Å². The highest BCUT2D eigenvalue weighted by Gasteiger charge is 2.39. The summed E-state index contributed by atoms with van der Waals surface area (Å²) in [5, 5.41) is 11.9. The number of Topliss-reactive ketones (excluding diaryl/α,β-unsaturated/α-hetero) is 1. The summed E-state index contributed by atoms with van der Waals surface area (Å²) in [6.07, 6.45) is 0.882. The Balaban J connectivity index is 1.65. The first-order valence-electron chi connectivity index (χ1n) is 11.0. The van der Waals surface area contributed by atoms with Crippen LogP contribution in [0.15, 0.2) is 42.5 Å². The van der Waals surface area contributed by atoms with Crippen LogP contribution in [0.25, 0.3) is 0 Å². The van der Waals surface area contributed by atoms with Crippen molar-refractivity contribution >= 4 is 29.0 Å². The van der Waals surface area contributed by atoms with Crippen LogP contribution in [-0.4, -0.2) is 39.4 Å². The maximum absolute atomic E-state index is 13.1. The van der Waals surface area contributed by atoms with E-state index in [1.54, 1.807) is 25.1 Å². The molecule has 0 atom stereocenters. The van der Waals surface area contributed by atoms with Crippen molar-refractivity contribution in [2.75, 3.05) is 6.61 Å². The zero-order valence-corrected chi connectivity index (χ0v) is 19.4. The highest BCUT2D eigenvalue weighted by atomic mass is 16.6. The fourth-order valence-electron chi connectivity index (χ4n) is 4.46. The largest absolute Gasteiger partial charge is 0.454 e. The topological polar surface area (TPSA) is 126 Å². The quantitative estimate of drug-likeness (QED) is 0.170. The molecule has 0 spiro atoms. The fraction of sp³-hybridized carbons (Fsp3) is 0.231. The summed E-state index contributed by atoms with van der Waals surface area (Å²) in [5.41, 5.74) is 0.283. The predicted octanol–water partition coefficient (Wildman–Crippen LogP) is 4.24. The second kappa shape index (κ2) is 9.09. The van der Waals surface area contributed by atoms with Gasteiger partial charge >= 0.3 is 5.97 Å². The van der Waals surface area contributed by atoms with E-state index < -0.39 is 51.7 Å². The average molecular weight is 474 g/mol. The maximum atomic E-state index is 13.1. The molecule has 0 bridgehead atoms. The molecule has 3 aromatic rings. The van der Waals surface area contributed by atoms with Gasteiger partial charge in [0.1, 0.15) is 11.1 Å².